The first-order valence-electron chi connectivity index (χ1n) is 10.4. The minimum atomic E-state index is -4.64. The molecule has 1 saturated heterocycles. The van der Waals surface area contributed by atoms with Crippen molar-refractivity contribution >= 4 is 34.3 Å². The first-order valence-corrected chi connectivity index (χ1v) is 12.4. The van der Waals surface area contributed by atoms with Crippen molar-refractivity contribution in [2.45, 2.75) is 36.1 Å². The van der Waals surface area contributed by atoms with E-state index in [2.05, 4.69) is 33.2 Å². The monoisotopic (exact) mass is 512 g/mol. The average molecular weight is 513 g/mol. The number of benzene rings is 1. The SMILES string of the molecule is Cc1cc(S(=O)(=O)C2CCN(S)CC2)ccc1Nc1ncc(C(F)(F)F)c(-c2cnn(C)c2)n1. The number of nitrogens with zero attached hydrogens (tertiary/aromatic N) is 5. The molecule has 34 heavy (non-hydrogen) atoms. The van der Waals surface area contributed by atoms with Gasteiger partial charge in [0.25, 0.3) is 0 Å². The Bertz CT molecular complexity index is 1300. The van der Waals surface area contributed by atoms with Gasteiger partial charge in [0.2, 0.25) is 5.95 Å². The van der Waals surface area contributed by atoms with Crippen LogP contribution in [-0.4, -0.2) is 50.8 Å². The van der Waals surface area contributed by atoms with E-state index < -0.39 is 26.8 Å². The smallest absolute Gasteiger partial charge is 0.324 e. The number of aryl methyl sites for hydroxylation is 2. The van der Waals surface area contributed by atoms with Gasteiger partial charge in [-0.25, -0.2) is 18.4 Å². The van der Waals surface area contributed by atoms with Crippen molar-refractivity contribution in [1.29, 1.82) is 0 Å². The molecule has 1 N–H and O–H groups in total. The zero-order valence-corrected chi connectivity index (χ0v) is 20.1. The first-order chi connectivity index (χ1) is 15.9. The molecule has 0 bridgehead atoms. The second-order valence-corrected chi connectivity index (χ2v) is 10.9. The number of anilines is 2. The van der Waals surface area contributed by atoms with Gasteiger partial charge in [0.05, 0.1) is 22.0 Å². The van der Waals surface area contributed by atoms with Crippen LogP contribution in [0.1, 0.15) is 24.0 Å². The maximum absolute atomic E-state index is 13.5. The number of rotatable bonds is 5. The van der Waals surface area contributed by atoms with E-state index in [1.807, 2.05) is 0 Å². The molecule has 4 rings (SSSR count). The van der Waals surface area contributed by atoms with Crippen molar-refractivity contribution in [2.75, 3.05) is 18.4 Å². The summed E-state index contributed by atoms with van der Waals surface area (Å²) in [7, 11) is -1.92. The lowest BCUT2D eigenvalue weighted by molar-refractivity contribution is -0.137. The molecule has 1 aromatic carbocycles. The molecule has 0 unspecified atom stereocenters. The Balaban J connectivity index is 1.62. The van der Waals surface area contributed by atoms with Gasteiger partial charge >= 0.3 is 6.18 Å². The minimum absolute atomic E-state index is 0.0493. The van der Waals surface area contributed by atoms with Crippen molar-refractivity contribution in [3.8, 4) is 11.3 Å². The Kier molecular flexibility index (Phi) is 6.62. The number of hydrogen-bond acceptors (Lipinski definition) is 8. The lowest BCUT2D eigenvalue weighted by Crippen LogP contribution is -2.34. The highest BCUT2D eigenvalue weighted by Gasteiger charge is 2.36. The molecule has 0 radical (unpaired) electrons. The Morgan fingerprint density at radius 1 is 1.18 bits per heavy atom. The zero-order valence-electron chi connectivity index (χ0n) is 18.4. The fourth-order valence-corrected chi connectivity index (χ4v) is 5.88. The molecule has 2 aromatic heterocycles. The Morgan fingerprint density at radius 3 is 2.47 bits per heavy atom. The van der Waals surface area contributed by atoms with E-state index in [9.17, 15) is 21.6 Å². The number of piperidine rings is 1. The summed E-state index contributed by atoms with van der Waals surface area (Å²) in [6, 6.07) is 4.61. The number of hydrogen-bond donors (Lipinski definition) is 2. The largest absolute Gasteiger partial charge is 0.419 e. The lowest BCUT2D eigenvalue weighted by atomic mass is 10.1. The lowest BCUT2D eigenvalue weighted by Gasteiger charge is -2.27. The molecule has 1 fully saturated rings. The third kappa shape index (κ3) is 5.05. The van der Waals surface area contributed by atoms with E-state index in [1.165, 1.54) is 23.1 Å². The standard InChI is InChI=1S/C21H23F3N6O2S2/c1-13-9-16(34(31,32)15-5-7-30(33)8-6-15)3-4-18(13)27-20-25-11-17(21(22,23)24)19(28-20)14-10-26-29(2)12-14/h3-4,9-12,15,33H,5-8H2,1-2H3,(H,25,27,28). The predicted octanol–water partition coefficient (Wildman–Crippen LogP) is 4.03. The number of halogens is 3. The summed E-state index contributed by atoms with van der Waals surface area (Å²) >= 11 is 4.27. The van der Waals surface area contributed by atoms with Crippen LogP contribution in [0, 0.1) is 6.92 Å². The number of alkyl halides is 3. The van der Waals surface area contributed by atoms with Crippen LogP contribution in [0.2, 0.25) is 0 Å². The van der Waals surface area contributed by atoms with Crippen LogP contribution in [0.5, 0.6) is 0 Å². The molecule has 182 valence electrons. The summed E-state index contributed by atoms with van der Waals surface area (Å²) in [6.07, 6.45) is -0.184. The molecule has 8 nitrogen and oxygen atoms in total. The van der Waals surface area contributed by atoms with Gasteiger partial charge in [-0.3, -0.25) is 8.99 Å². The summed E-state index contributed by atoms with van der Waals surface area (Å²) < 4.78 is 69.8. The molecule has 0 atom stereocenters. The molecule has 1 aliphatic rings. The van der Waals surface area contributed by atoms with Gasteiger partial charge in [-0.1, -0.05) is 12.8 Å². The Labute approximate surface area is 200 Å². The van der Waals surface area contributed by atoms with E-state index in [-0.39, 0.29) is 22.1 Å². The maximum Gasteiger partial charge on any atom is 0.419 e. The highest BCUT2D eigenvalue weighted by molar-refractivity contribution is 7.92. The topological polar surface area (TPSA) is 93.0 Å². The van der Waals surface area contributed by atoms with Gasteiger partial charge < -0.3 is 5.32 Å². The quantitative estimate of drug-likeness (QED) is 0.499. The van der Waals surface area contributed by atoms with E-state index in [1.54, 1.807) is 30.4 Å². The molecule has 0 amide bonds. The first kappa shape index (κ1) is 24.5. The van der Waals surface area contributed by atoms with Gasteiger partial charge in [-0.2, -0.15) is 18.3 Å². The van der Waals surface area contributed by atoms with E-state index in [4.69, 9.17) is 0 Å². The predicted molar refractivity (Wildman–Crippen MR) is 124 cm³/mol. The van der Waals surface area contributed by atoms with E-state index >= 15 is 0 Å². The van der Waals surface area contributed by atoms with Gasteiger partial charge in [-0.05, 0) is 43.5 Å². The van der Waals surface area contributed by atoms with Crippen molar-refractivity contribution < 1.29 is 21.6 Å². The molecule has 1 aliphatic heterocycles. The molecule has 13 heteroatoms. The van der Waals surface area contributed by atoms with Gasteiger partial charge in [0.15, 0.2) is 9.84 Å². The molecule has 0 spiro atoms. The highest BCUT2D eigenvalue weighted by atomic mass is 32.2. The van der Waals surface area contributed by atoms with Gasteiger partial charge in [0.1, 0.15) is 5.56 Å². The Morgan fingerprint density at radius 2 is 1.88 bits per heavy atom. The number of nitrogens with one attached hydrogen (secondary N) is 1. The van der Waals surface area contributed by atoms with Crippen LogP contribution in [0.25, 0.3) is 11.3 Å². The van der Waals surface area contributed by atoms with Gasteiger partial charge in [-0.15, -0.1) is 0 Å². The van der Waals surface area contributed by atoms with Crippen molar-refractivity contribution in [3.63, 3.8) is 0 Å². The van der Waals surface area contributed by atoms with Crippen LogP contribution in [0.3, 0.4) is 0 Å². The number of sulfone groups is 1. The molecule has 0 saturated carbocycles. The van der Waals surface area contributed by atoms with Gasteiger partial charge in [0, 0.05) is 43.8 Å². The van der Waals surface area contributed by atoms with E-state index in [0.29, 0.717) is 37.2 Å². The summed E-state index contributed by atoms with van der Waals surface area (Å²) in [5.41, 5.74) is 0.00723. The van der Waals surface area contributed by atoms with Crippen molar-refractivity contribution in [2.24, 2.45) is 7.05 Å². The molecule has 3 heterocycles. The highest BCUT2D eigenvalue weighted by Crippen LogP contribution is 2.36. The van der Waals surface area contributed by atoms with E-state index in [0.717, 1.165) is 6.20 Å². The summed E-state index contributed by atoms with van der Waals surface area (Å²) in [6.45, 7) is 2.90. The van der Waals surface area contributed by atoms with Crippen LogP contribution in [0.4, 0.5) is 24.8 Å². The fourth-order valence-electron chi connectivity index (χ4n) is 3.83. The fraction of sp³-hybridized carbons (Fsp3) is 0.381. The molecular weight excluding hydrogens is 489 g/mol. The zero-order chi connectivity index (χ0) is 24.7. The molecule has 3 aromatic rings. The minimum Gasteiger partial charge on any atom is -0.324 e. The third-order valence-corrected chi connectivity index (χ3v) is 8.36. The second-order valence-electron chi connectivity index (χ2n) is 8.16. The molecular formula is C21H23F3N6O2S2. The van der Waals surface area contributed by atoms with Crippen LogP contribution < -0.4 is 5.32 Å². The number of thiol groups is 1. The summed E-state index contributed by atoms with van der Waals surface area (Å²) in [5.74, 6) is -0.0493. The van der Waals surface area contributed by atoms with Crippen molar-refractivity contribution in [1.82, 2.24) is 24.1 Å². The summed E-state index contributed by atoms with van der Waals surface area (Å²) in [4.78, 5) is 8.12. The maximum atomic E-state index is 13.5. The summed E-state index contributed by atoms with van der Waals surface area (Å²) in [5, 5.41) is 6.35. The van der Waals surface area contributed by atoms with Crippen molar-refractivity contribution in [3.05, 3.63) is 47.9 Å². The van der Waals surface area contributed by atoms with Crippen LogP contribution in [0.15, 0.2) is 41.7 Å². The second kappa shape index (κ2) is 9.19. The average Bonchev–Trinajstić information content (AvgIpc) is 3.21. The third-order valence-electron chi connectivity index (χ3n) is 5.70. The van der Waals surface area contributed by atoms with Crippen LogP contribution in [-0.2, 0) is 23.1 Å². The molecule has 0 aliphatic carbocycles. The van der Waals surface area contributed by atoms with Crippen LogP contribution >= 0.6 is 12.8 Å². The normalized spacial score (nSPS) is 16.1. The number of aromatic nitrogens is 4. The Hall–Kier alpha value is -2.64.